The Labute approximate surface area is 211 Å². The highest BCUT2D eigenvalue weighted by molar-refractivity contribution is 6.34. The van der Waals surface area contributed by atoms with Crippen LogP contribution in [0.25, 0.3) is 16.9 Å². The smallest absolute Gasteiger partial charge is 0.272 e. The Bertz CT molecular complexity index is 1440. The number of carbonyl (C=O) groups excluding carboxylic acids is 2. The molecule has 0 radical (unpaired) electrons. The SMILES string of the molecule is NC1CC(NC(=O)c2cc(NC(=O)c3cc(-c4ncccc4F)ccc3Cl)n(-c3ccccc3)n2)C1. The van der Waals surface area contributed by atoms with E-state index in [1.165, 1.54) is 41.2 Å². The monoisotopic (exact) mass is 504 g/mol. The van der Waals surface area contributed by atoms with E-state index in [-0.39, 0.29) is 45.8 Å². The van der Waals surface area contributed by atoms with Crippen molar-refractivity contribution in [3.8, 4) is 16.9 Å². The average molecular weight is 505 g/mol. The molecule has 2 amide bonds. The lowest BCUT2D eigenvalue weighted by atomic mass is 9.87. The highest BCUT2D eigenvalue weighted by Crippen LogP contribution is 2.27. The Morgan fingerprint density at radius 2 is 1.81 bits per heavy atom. The van der Waals surface area contributed by atoms with Gasteiger partial charge in [0, 0.05) is 29.9 Å². The summed E-state index contributed by atoms with van der Waals surface area (Å²) >= 11 is 6.32. The number of para-hydroxylation sites is 1. The van der Waals surface area contributed by atoms with E-state index in [1.807, 2.05) is 18.2 Å². The van der Waals surface area contributed by atoms with Crippen molar-refractivity contribution in [2.75, 3.05) is 5.32 Å². The van der Waals surface area contributed by atoms with Crippen LogP contribution in [0.5, 0.6) is 0 Å². The number of amides is 2. The Balaban J connectivity index is 1.45. The summed E-state index contributed by atoms with van der Waals surface area (Å²) in [5.74, 6) is -1.15. The molecule has 2 heterocycles. The first-order valence-electron chi connectivity index (χ1n) is 11.3. The number of anilines is 1. The zero-order chi connectivity index (χ0) is 25.2. The normalized spacial score (nSPS) is 16.8. The highest BCUT2D eigenvalue weighted by atomic mass is 35.5. The third-order valence-electron chi connectivity index (χ3n) is 5.94. The quantitative estimate of drug-likeness (QED) is 0.364. The topological polar surface area (TPSA) is 115 Å². The van der Waals surface area contributed by atoms with Crippen LogP contribution in [0.1, 0.15) is 33.7 Å². The van der Waals surface area contributed by atoms with Gasteiger partial charge in [-0.25, -0.2) is 9.07 Å². The van der Waals surface area contributed by atoms with Gasteiger partial charge < -0.3 is 16.4 Å². The van der Waals surface area contributed by atoms with Gasteiger partial charge in [-0.1, -0.05) is 35.9 Å². The molecule has 1 aliphatic carbocycles. The molecule has 182 valence electrons. The molecule has 0 aliphatic heterocycles. The Morgan fingerprint density at radius 3 is 2.53 bits per heavy atom. The number of aromatic nitrogens is 3. The van der Waals surface area contributed by atoms with Crippen LogP contribution in [0.4, 0.5) is 10.2 Å². The average Bonchev–Trinajstić information content (AvgIpc) is 3.28. The first kappa shape index (κ1) is 23.7. The second kappa shape index (κ2) is 9.88. The van der Waals surface area contributed by atoms with E-state index in [0.29, 0.717) is 24.1 Å². The summed E-state index contributed by atoms with van der Waals surface area (Å²) in [4.78, 5) is 30.1. The zero-order valence-corrected chi connectivity index (χ0v) is 19.7. The van der Waals surface area contributed by atoms with Gasteiger partial charge in [0.2, 0.25) is 0 Å². The molecule has 8 nitrogen and oxygen atoms in total. The van der Waals surface area contributed by atoms with Gasteiger partial charge in [0.1, 0.15) is 17.3 Å². The van der Waals surface area contributed by atoms with Crippen LogP contribution in [-0.2, 0) is 0 Å². The van der Waals surface area contributed by atoms with E-state index in [2.05, 4.69) is 20.7 Å². The van der Waals surface area contributed by atoms with Gasteiger partial charge in [0.15, 0.2) is 5.69 Å². The van der Waals surface area contributed by atoms with Crippen molar-refractivity contribution >= 4 is 29.2 Å². The number of nitrogens with zero attached hydrogens (tertiary/aromatic N) is 3. The van der Waals surface area contributed by atoms with Crippen molar-refractivity contribution < 1.29 is 14.0 Å². The summed E-state index contributed by atoms with van der Waals surface area (Å²) in [6.07, 6.45) is 2.88. The largest absolute Gasteiger partial charge is 0.348 e. The van der Waals surface area contributed by atoms with Crippen LogP contribution in [-0.4, -0.2) is 38.7 Å². The zero-order valence-electron chi connectivity index (χ0n) is 19.0. The van der Waals surface area contributed by atoms with Crippen molar-refractivity contribution in [1.82, 2.24) is 20.1 Å². The summed E-state index contributed by atoms with van der Waals surface area (Å²) in [7, 11) is 0. The molecule has 4 N–H and O–H groups in total. The molecular weight excluding hydrogens is 483 g/mol. The number of halogens is 2. The van der Waals surface area contributed by atoms with Crippen molar-refractivity contribution in [3.63, 3.8) is 0 Å². The van der Waals surface area contributed by atoms with Gasteiger partial charge in [-0.2, -0.15) is 5.10 Å². The number of benzene rings is 2. The van der Waals surface area contributed by atoms with Crippen molar-refractivity contribution in [1.29, 1.82) is 0 Å². The van der Waals surface area contributed by atoms with E-state index in [1.54, 1.807) is 18.2 Å². The van der Waals surface area contributed by atoms with E-state index in [0.717, 1.165) is 0 Å². The van der Waals surface area contributed by atoms with Crippen LogP contribution >= 0.6 is 11.6 Å². The number of hydrogen-bond donors (Lipinski definition) is 3. The summed E-state index contributed by atoms with van der Waals surface area (Å²) in [5.41, 5.74) is 7.23. The lowest BCUT2D eigenvalue weighted by molar-refractivity contribution is 0.0904. The molecular formula is C26H22ClFN6O2. The van der Waals surface area contributed by atoms with Gasteiger partial charge in [0.05, 0.1) is 16.3 Å². The molecule has 2 aromatic carbocycles. The molecule has 0 unspecified atom stereocenters. The number of nitrogens with two attached hydrogens (primary N) is 1. The Kier molecular flexibility index (Phi) is 6.49. The predicted octanol–water partition coefficient (Wildman–Crippen LogP) is 4.20. The first-order valence-corrected chi connectivity index (χ1v) is 11.7. The fourth-order valence-corrected chi connectivity index (χ4v) is 4.22. The Morgan fingerprint density at radius 1 is 1.03 bits per heavy atom. The summed E-state index contributed by atoms with van der Waals surface area (Å²) in [6.45, 7) is 0. The summed E-state index contributed by atoms with van der Waals surface area (Å²) in [6, 6.07) is 18.0. The van der Waals surface area contributed by atoms with Crippen LogP contribution < -0.4 is 16.4 Å². The molecule has 1 saturated carbocycles. The van der Waals surface area contributed by atoms with Gasteiger partial charge in [-0.3, -0.25) is 14.6 Å². The molecule has 0 atom stereocenters. The van der Waals surface area contributed by atoms with Crippen molar-refractivity contribution in [3.05, 3.63) is 95.0 Å². The maximum absolute atomic E-state index is 14.3. The predicted molar refractivity (Wildman–Crippen MR) is 135 cm³/mol. The number of rotatable bonds is 6. The molecule has 0 spiro atoms. The standard InChI is InChI=1S/C26H22ClFN6O2/c27-20-9-8-15(24-21(28)7-4-10-30-24)11-19(20)25(35)32-23-14-22(26(36)31-17-12-16(29)13-17)33-34(23)18-5-2-1-3-6-18/h1-11,14,16-17H,12-13,29H2,(H,31,36)(H,32,35). The Hall–Kier alpha value is -4.08. The molecule has 0 saturated heterocycles. The van der Waals surface area contributed by atoms with E-state index < -0.39 is 11.7 Å². The van der Waals surface area contributed by atoms with Crippen LogP contribution in [0.15, 0.2) is 72.9 Å². The highest BCUT2D eigenvalue weighted by Gasteiger charge is 2.29. The lowest BCUT2D eigenvalue weighted by Crippen LogP contribution is -2.50. The maximum Gasteiger partial charge on any atom is 0.272 e. The summed E-state index contributed by atoms with van der Waals surface area (Å²) < 4.78 is 15.7. The van der Waals surface area contributed by atoms with Crippen molar-refractivity contribution in [2.24, 2.45) is 5.73 Å². The van der Waals surface area contributed by atoms with E-state index in [4.69, 9.17) is 17.3 Å². The maximum atomic E-state index is 14.3. The molecule has 5 rings (SSSR count). The second-order valence-electron chi connectivity index (χ2n) is 8.55. The summed E-state index contributed by atoms with van der Waals surface area (Å²) in [5, 5.41) is 10.3. The van der Waals surface area contributed by atoms with Crippen LogP contribution in [0.3, 0.4) is 0 Å². The molecule has 1 aliphatic rings. The molecule has 36 heavy (non-hydrogen) atoms. The first-order chi connectivity index (χ1) is 17.4. The molecule has 0 bridgehead atoms. The number of pyridine rings is 1. The lowest BCUT2D eigenvalue weighted by Gasteiger charge is -2.32. The van der Waals surface area contributed by atoms with Crippen molar-refractivity contribution in [2.45, 2.75) is 24.9 Å². The minimum Gasteiger partial charge on any atom is -0.348 e. The molecule has 4 aromatic rings. The molecule has 2 aromatic heterocycles. The van der Waals surface area contributed by atoms with Crippen LogP contribution in [0.2, 0.25) is 5.02 Å². The molecule has 1 fully saturated rings. The fourth-order valence-electron chi connectivity index (χ4n) is 4.01. The van der Waals surface area contributed by atoms with Gasteiger partial charge in [0.25, 0.3) is 11.8 Å². The van der Waals surface area contributed by atoms with E-state index >= 15 is 0 Å². The van der Waals surface area contributed by atoms with Gasteiger partial charge in [-0.15, -0.1) is 0 Å². The number of carbonyl (C=O) groups is 2. The third kappa shape index (κ3) is 4.84. The van der Waals surface area contributed by atoms with Gasteiger partial charge >= 0.3 is 0 Å². The molecule has 10 heteroatoms. The van der Waals surface area contributed by atoms with E-state index in [9.17, 15) is 14.0 Å². The number of hydrogen-bond acceptors (Lipinski definition) is 5. The van der Waals surface area contributed by atoms with Gasteiger partial charge in [-0.05, 0) is 49.2 Å². The third-order valence-corrected chi connectivity index (χ3v) is 6.27. The minimum absolute atomic E-state index is 0.000884. The minimum atomic E-state index is -0.549. The van der Waals surface area contributed by atoms with Crippen LogP contribution in [0, 0.1) is 5.82 Å². The second-order valence-corrected chi connectivity index (χ2v) is 8.95. The number of nitrogens with one attached hydrogen (secondary N) is 2. The fraction of sp³-hybridized carbons (Fsp3) is 0.154.